The van der Waals surface area contributed by atoms with Gasteiger partial charge < -0.3 is 9.47 Å². The van der Waals surface area contributed by atoms with Crippen LogP contribution < -0.4 is 14.9 Å². The van der Waals surface area contributed by atoms with E-state index in [-0.39, 0.29) is 12.2 Å². The van der Waals surface area contributed by atoms with Crippen LogP contribution in [-0.4, -0.2) is 24.7 Å². The Morgan fingerprint density at radius 2 is 1.81 bits per heavy atom. The first kappa shape index (κ1) is 23.5. The zero-order chi connectivity index (χ0) is 23.1. The Morgan fingerprint density at radius 3 is 2.50 bits per heavy atom. The van der Waals surface area contributed by atoms with Crippen molar-refractivity contribution in [2.75, 3.05) is 6.61 Å². The fourth-order valence-corrected chi connectivity index (χ4v) is 3.85. The maximum Gasteiger partial charge on any atom is 0.345 e. The number of benzene rings is 3. The molecular formula is C24H20BrClN2O4. The number of nitrogens with one attached hydrogen (secondary N) is 1. The van der Waals surface area contributed by atoms with Crippen LogP contribution in [0.4, 0.5) is 0 Å². The lowest BCUT2D eigenvalue weighted by Crippen LogP contribution is -2.24. The summed E-state index contributed by atoms with van der Waals surface area (Å²) in [5.41, 5.74) is 5.45. The van der Waals surface area contributed by atoms with Crippen LogP contribution in [0.25, 0.3) is 0 Å². The molecule has 0 fully saturated rings. The number of hydrogen-bond acceptors (Lipinski definition) is 5. The summed E-state index contributed by atoms with van der Waals surface area (Å²) < 4.78 is 11.7. The van der Waals surface area contributed by atoms with Crippen molar-refractivity contribution >= 4 is 45.6 Å². The molecule has 6 nitrogen and oxygen atoms in total. The Balaban J connectivity index is 1.50. The summed E-state index contributed by atoms with van der Waals surface area (Å²) in [6.45, 7) is 3.73. The van der Waals surface area contributed by atoms with Gasteiger partial charge in [0, 0.05) is 0 Å². The second kappa shape index (κ2) is 10.9. The first-order valence-corrected chi connectivity index (χ1v) is 10.8. The highest BCUT2D eigenvalue weighted by Gasteiger charge is 2.12. The Hall–Kier alpha value is -3.16. The molecule has 0 bridgehead atoms. The lowest BCUT2D eigenvalue weighted by Gasteiger charge is -2.11. The summed E-state index contributed by atoms with van der Waals surface area (Å²) in [5.74, 6) is 0.0540. The zero-order valence-electron chi connectivity index (χ0n) is 17.4. The minimum Gasteiger partial charge on any atom is -0.482 e. The van der Waals surface area contributed by atoms with E-state index in [1.807, 2.05) is 26.0 Å². The molecule has 0 saturated carbocycles. The van der Waals surface area contributed by atoms with Crippen molar-refractivity contribution in [3.8, 4) is 11.5 Å². The zero-order valence-corrected chi connectivity index (χ0v) is 19.7. The van der Waals surface area contributed by atoms with Crippen LogP contribution in [0.3, 0.4) is 0 Å². The molecule has 3 aromatic carbocycles. The average molecular weight is 516 g/mol. The lowest BCUT2D eigenvalue weighted by molar-refractivity contribution is -0.123. The summed E-state index contributed by atoms with van der Waals surface area (Å²) in [6.07, 6.45) is 1.48. The minimum atomic E-state index is -0.542. The molecule has 0 aliphatic rings. The molecule has 32 heavy (non-hydrogen) atoms. The van der Waals surface area contributed by atoms with Gasteiger partial charge in [-0.05, 0) is 88.9 Å². The molecule has 1 amide bonds. The molecule has 0 spiro atoms. The van der Waals surface area contributed by atoms with E-state index in [9.17, 15) is 9.59 Å². The van der Waals surface area contributed by atoms with Gasteiger partial charge in [0.1, 0.15) is 11.5 Å². The second-order valence-corrected chi connectivity index (χ2v) is 8.17. The Labute approximate surface area is 199 Å². The van der Waals surface area contributed by atoms with Crippen LogP contribution in [-0.2, 0) is 4.79 Å². The van der Waals surface area contributed by atoms with Crippen molar-refractivity contribution in [2.45, 2.75) is 13.8 Å². The van der Waals surface area contributed by atoms with Crippen LogP contribution in [0.5, 0.6) is 11.5 Å². The van der Waals surface area contributed by atoms with E-state index < -0.39 is 11.9 Å². The van der Waals surface area contributed by atoms with E-state index in [1.165, 1.54) is 6.21 Å². The Morgan fingerprint density at radius 1 is 1.09 bits per heavy atom. The maximum atomic E-state index is 12.2. The number of nitrogens with zero attached hydrogens (tertiary/aromatic N) is 1. The highest BCUT2D eigenvalue weighted by molar-refractivity contribution is 9.10. The first-order valence-electron chi connectivity index (χ1n) is 9.61. The number of ether oxygens (including phenoxy) is 2. The monoisotopic (exact) mass is 514 g/mol. The maximum absolute atomic E-state index is 12.2. The molecule has 0 radical (unpaired) electrons. The molecule has 0 saturated heterocycles. The van der Waals surface area contributed by atoms with Gasteiger partial charge >= 0.3 is 5.97 Å². The SMILES string of the molecule is Cc1cc(C)c(OCC(=O)NN=Cc2ccc(OC(=O)c3ccccc3Cl)cc2)c(Br)c1. The van der Waals surface area contributed by atoms with Gasteiger partial charge in [0.25, 0.3) is 5.91 Å². The molecule has 0 unspecified atom stereocenters. The number of aryl methyl sites for hydroxylation is 2. The second-order valence-electron chi connectivity index (χ2n) is 6.91. The lowest BCUT2D eigenvalue weighted by atomic mass is 10.1. The molecule has 0 aromatic heterocycles. The minimum absolute atomic E-state index is 0.170. The van der Waals surface area contributed by atoms with Gasteiger partial charge in [-0.25, -0.2) is 10.2 Å². The smallest absolute Gasteiger partial charge is 0.345 e. The third-order valence-electron chi connectivity index (χ3n) is 4.31. The van der Waals surface area contributed by atoms with Crippen LogP contribution in [0, 0.1) is 13.8 Å². The van der Waals surface area contributed by atoms with Gasteiger partial charge in [-0.15, -0.1) is 0 Å². The highest BCUT2D eigenvalue weighted by atomic mass is 79.9. The van der Waals surface area contributed by atoms with E-state index in [0.717, 1.165) is 15.6 Å². The molecule has 0 atom stereocenters. The average Bonchev–Trinajstić information content (AvgIpc) is 2.74. The van der Waals surface area contributed by atoms with E-state index >= 15 is 0 Å². The highest BCUT2D eigenvalue weighted by Crippen LogP contribution is 2.30. The normalized spacial score (nSPS) is 10.8. The van der Waals surface area contributed by atoms with Gasteiger partial charge in [-0.3, -0.25) is 4.79 Å². The predicted molar refractivity (Wildman–Crippen MR) is 128 cm³/mol. The fraction of sp³-hybridized carbons (Fsp3) is 0.125. The number of hydrazone groups is 1. The summed E-state index contributed by atoms with van der Waals surface area (Å²) in [7, 11) is 0. The topological polar surface area (TPSA) is 77.0 Å². The van der Waals surface area contributed by atoms with Crippen molar-refractivity contribution in [1.82, 2.24) is 5.43 Å². The van der Waals surface area contributed by atoms with Crippen LogP contribution in [0.15, 0.2) is 70.2 Å². The van der Waals surface area contributed by atoms with Gasteiger partial charge in [-0.1, -0.05) is 29.8 Å². The molecule has 8 heteroatoms. The van der Waals surface area contributed by atoms with Crippen molar-refractivity contribution in [1.29, 1.82) is 0 Å². The number of rotatable bonds is 7. The summed E-state index contributed by atoms with van der Waals surface area (Å²) >= 11 is 9.45. The summed E-state index contributed by atoms with van der Waals surface area (Å²) in [6, 6.07) is 17.2. The van der Waals surface area contributed by atoms with E-state index in [2.05, 4.69) is 26.5 Å². The van der Waals surface area contributed by atoms with Crippen molar-refractivity contribution < 1.29 is 19.1 Å². The Bertz CT molecular complexity index is 1140. The van der Waals surface area contributed by atoms with Crippen LogP contribution in [0.2, 0.25) is 5.02 Å². The molecule has 0 aliphatic heterocycles. The Kier molecular flexibility index (Phi) is 8.03. The third kappa shape index (κ3) is 6.42. The van der Waals surface area contributed by atoms with Gasteiger partial charge in [0.15, 0.2) is 6.61 Å². The van der Waals surface area contributed by atoms with Crippen LogP contribution in [0.1, 0.15) is 27.0 Å². The van der Waals surface area contributed by atoms with Gasteiger partial charge in [-0.2, -0.15) is 5.10 Å². The molecule has 0 heterocycles. The molecule has 3 rings (SSSR count). The molecule has 3 aromatic rings. The number of halogens is 2. The van der Waals surface area contributed by atoms with Gasteiger partial charge in [0.05, 0.1) is 21.3 Å². The van der Waals surface area contributed by atoms with E-state index in [1.54, 1.807) is 48.5 Å². The number of amides is 1. The largest absolute Gasteiger partial charge is 0.482 e. The van der Waals surface area contributed by atoms with Crippen LogP contribution >= 0.6 is 27.5 Å². The van der Waals surface area contributed by atoms with Crippen molar-refractivity contribution in [3.63, 3.8) is 0 Å². The van der Waals surface area contributed by atoms with Crippen molar-refractivity contribution in [2.24, 2.45) is 5.10 Å². The number of esters is 1. The first-order chi connectivity index (χ1) is 15.3. The standard InChI is InChI=1S/C24H20BrClN2O4/c1-15-11-16(2)23(20(25)12-15)31-14-22(29)28-27-13-17-7-9-18(10-8-17)32-24(30)19-5-3-4-6-21(19)26/h3-13H,14H2,1-2H3,(H,28,29). The number of carbonyl (C=O) groups is 2. The summed E-state index contributed by atoms with van der Waals surface area (Å²) in [5, 5.41) is 4.25. The molecular weight excluding hydrogens is 496 g/mol. The summed E-state index contributed by atoms with van der Waals surface area (Å²) in [4.78, 5) is 24.2. The molecule has 164 valence electrons. The molecule has 1 N–H and O–H groups in total. The van der Waals surface area contributed by atoms with Crippen molar-refractivity contribution in [3.05, 3.63) is 92.4 Å². The number of carbonyl (C=O) groups excluding carboxylic acids is 2. The quantitative estimate of drug-likeness (QED) is 0.196. The fourth-order valence-electron chi connectivity index (χ4n) is 2.84. The van der Waals surface area contributed by atoms with E-state index in [4.69, 9.17) is 21.1 Å². The van der Waals surface area contributed by atoms with Gasteiger partial charge in [0.2, 0.25) is 0 Å². The van der Waals surface area contributed by atoms with E-state index in [0.29, 0.717) is 22.1 Å². The molecule has 0 aliphatic carbocycles. The number of hydrogen-bond donors (Lipinski definition) is 1. The predicted octanol–water partition coefficient (Wildman–Crippen LogP) is 5.47. The third-order valence-corrected chi connectivity index (χ3v) is 5.23.